The van der Waals surface area contributed by atoms with Crippen LogP contribution < -0.4 is 10.9 Å². The Hall–Kier alpha value is -4.09. The monoisotopic (exact) mass is 508 g/mol. The van der Waals surface area contributed by atoms with E-state index >= 15 is 0 Å². The van der Waals surface area contributed by atoms with Crippen molar-refractivity contribution in [2.75, 3.05) is 20.3 Å². The van der Waals surface area contributed by atoms with Crippen molar-refractivity contribution in [3.05, 3.63) is 104 Å². The fourth-order valence-corrected chi connectivity index (χ4v) is 4.45. The topological polar surface area (TPSA) is 116 Å². The molecule has 0 bridgehead atoms. The fourth-order valence-electron chi connectivity index (χ4n) is 3.48. The third-order valence-corrected chi connectivity index (χ3v) is 6.28. The molecule has 4 rings (SSSR count). The first-order chi connectivity index (χ1) is 17.4. The number of ether oxygens (including phenoxy) is 1. The van der Waals surface area contributed by atoms with Gasteiger partial charge in [0, 0.05) is 37.1 Å². The van der Waals surface area contributed by atoms with Crippen molar-refractivity contribution < 1.29 is 18.8 Å². The largest absolute Gasteiger partial charge is 0.383 e. The highest BCUT2D eigenvalue weighted by Gasteiger charge is 2.16. The van der Waals surface area contributed by atoms with Crippen LogP contribution in [0.25, 0.3) is 16.6 Å². The number of aromatic nitrogens is 2. The van der Waals surface area contributed by atoms with Crippen molar-refractivity contribution in [2.24, 2.45) is 0 Å². The summed E-state index contributed by atoms with van der Waals surface area (Å²) in [6.45, 7) is 0.692. The molecule has 4 aromatic rings. The van der Waals surface area contributed by atoms with Crippen molar-refractivity contribution in [3.63, 3.8) is 0 Å². The SMILES string of the molecule is COCCNC(=O)c1ccc2c(=O)n(-c3cccc(F)c3)c(SCc3ccc([N+](=O)[O-])cc3)nc2c1. The maximum Gasteiger partial charge on any atom is 0.269 e. The summed E-state index contributed by atoms with van der Waals surface area (Å²) >= 11 is 1.22. The minimum absolute atomic E-state index is 0.0273. The van der Waals surface area contributed by atoms with E-state index in [2.05, 4.69) is 10.3 Å². The number of nitro groups is 1. The minimum atomic E-state index is -0.506. The number of benzene rings is 3. The molecule has 36 heavy (non-hydrogen) atoms. The van der Waals surface area contributed by atoms with Crippen molar-refractivity contribution in [3.8, 4) is 5.69 Å². The molecule has 0 aliphatic heterocycles. The van der Waals surface area contributed by atoms with Gasteiger partial charge in [0.1, 0.15) is 5.82 Å². The van der Waals surface area contributed by atoms with Gasteiger partial charge >= 0.3 is 0 Å². The predicted octanol–water partition coefficient (Wildman–Crippen LogP) is 4.10. The summed E-state index contributed by atoms with van der Waals surface area (Å²) in [6, 6.07) is 16.3. The third-order valence-electron chi connectivity index (χ3n) is 5.27. The molecule has 11 heteroatoms. The lowest BCUT2D eigenvalue weighted by Gasteiger charge is -2.14. The normalized spacial score (nSPS) is 10.9. The van der Waals surface area contributed by atoms with E-state index in [1.54, 1.807) is 18.2 Å². The van der Waals surface area contributed by atoms with Crippen LogP contribution in [0.15, 0.2) is 76.7 Å². The summed E-state index contributed by atoms with van der Waals surface area (Å²) in [4.78, 5) is 41.0. The molecule has 0 aliphatic carbocycles. The van der Waals surface area contributed by atoms with E-state index in [4.69, 9.17) is 4.74 Å². The highest BCUT2D eigenvalue weighted by Crippen LogP contribution is 2.26. The van der Waals surface area contributed by atoms with Crippen LogP contribution in [0.5, 0.6) is 0 Å². The number of rotatable bonds is 9. The number of halogens is 1. The summed E-state index contributed by atoms with van der Waals surface area (Å²) in [5.74, 6) is -0.485. The first-order valence-electron chi connectivity index (χ1n) is 10.8. The van der Waals surface area contributed by atoms with E-state index in [1.165, 1.54) is 72.0 Å². The van der Waals surface area contributed by atoms with Gasteiger partial charge in [0.2, 0.25) is 0 Å². The van der Waals surface area contributed by atoms with Gasteiger partial charge < -0.3 is 10.1 Å². The minimum Gasteiger partial charge on any atom is -0.383 e. The average molecular weight is 509 g/mol. The van der Waals surface area contributed by atoms with Crippen molar-refractivity contribution in [1.29, 1.82) is 0 Å². The summed E-state index contributed by atoms with van der Waals surface area (Å²) in [6.07, 6.45) is 0. The highest BCUT2D eigenvalue weighted by molar-refractivity contribution is 7.98. The number of nitrogens with zero attached hydrogens (tertiary/aromatic N) is 3. The van der Waals surface area contributed by atoms with Gasteiger partial charge in [0.15, 0.2) is 5.16 Å². The Morgan fingerprint density at radius 3 is 2.64 bits per heavy atom. The molecule has 1 amide bonds. The summed E-state index contributed by atoms with van der Waals surface area (Å²) < 4.78 is 20.3. The van der Waals surface area contributed by atoms with Crippen LogP contribution >= 0.6 is 11.8 Å². The van der Waals surface area contributed by atoms with Crippen LogP contribution in [-0.4, -0.2) is 40.6 Å². The second-order valence-corrected chi connectivity index (χ2v) is 8.65. The molecule has 1 aromatic heterocycles. The van der Waals surface area contributed by atoms with E-state index in [1.807, 2.05) is 0 Å². The van der Waals surface area contributed by atoms with Gasteiger partial charge in [-0.05, 0) is 42.0 Å². The van der Waals surface area contributed by atoms with Gasteiger partial charge in [-0.1, -0.05) is 30.0 Å². The second kappa shape index (κ2) is 11.1. The van der Waals surface area contributed by atoms with Gasteiger partial charge in [-0.2, -0.15) is 0 Å². The van der Waals surface area contributed by atoms with Gasteiger partial charge in [-0.3, -0.25) is 24.3 Å². The molecule has 0 fully saturated rings. The van der Waals surface area contributed by atoms with Crippen molar-refractivity contribution in [1.82, 2.24) is 14.9 Å². The molecule has 3 aromatic carbocycles. The number of hydrogen-bond donors (Lipinski definition) is 1. The molecule has 9 nitrogen and oxygen atoms in total. The number of methoxy groups -OCH3 is 1. The second-order valence-electron chi connectivity index (χ2n) is 7.71. The van der Waals surface area contributed by atoms with Gasteiger partial charge in [-0.25, -0.2) is 9.37 Å². The third kappa shape index (κ3) is 5.58. The van der Waals surface area contributed by atoms with Crippen molar-refractivity contribution in [2.45, 2.75) is 10.9 Å². The molecule has 0 radical (unpaired) electrons. The Labute approximate surface area is 209 Å². The van der Waals surface area contributed by atoms with Gasteiger partial charge in [0.25, 0.3) is 17.2 Å². The number of non-ortho nitro benzene ring substituents is 1. The van der Waals surface area contributed by atoms with Gasteiger partial charge in [0.05, 0.1) is 28.1 Å². The molecule has 0 saturated heterocycles. The molecule has 0 saturated carbocycles. The zero-order valence-electron chi connectivity index (χ0n) is 19.1. The Balaban J connectivity index is 1.75. The number of thioether (sulfide) groups is 1. The number of amides is 1. The predicted molar refractivity (Wildman–Crippen MR) is 134 cm³/mol. The zero-order chi connectivity index (χ0) is 25.7. The lowest BCUT2D eigenvalue weighted by molar-refractivity contribution is -0.384. The Morgan fingerprint density at radius 1 is 1.17 bits per heavy atom. The van der Waals surface area contributed by atoms with Crippen LogP contribution in [0.1, 0.15) is 15.9 Å². The number of fused-ring (bicyclic) bond motifs is 1. The zero-order valence-corrected chi connectivity index (χ0v) is 20.0. The van der Waals surface area contributed by atoms with Crippen LogP contribution in [0.2, 0.25) is 0 Å². The fraction of sp³-hybridized carbons (Fsp3) is 0.160. The van der Waals surface area contributed by atoms with E-state index in [9.17, 15) is 24.1 Å². The lowest BCUT2D eigenvalue weighted by Crippen LogP contribution is -2.27. The lowest BCUT2D eigenvalue weighted by atomic mass is 10.1. The standard InChI is InChI=1S/C25H21FN4O5S/c1-35-12-11-27-23(31)17-7-10-21-22(13-17)28-25(29(24(21)32)20-4-2-3-18(26)14-20)36-15-16-5-8-19(9-6-16)30(33)34/h2-10,13-14H,11-12,15H2,1H3,(H,27,31). The molecule has 184 valence electrons. The number of hydrogen-bond acceptors (Lipinski definition) is 7. The molecule has 1 N–H and O–H groups in total. The summed E-state index contributed by atoms with van der Waals surface area (Å²) in [7, 11) is 1.53. The molecule has 0 aliphatic rings. The Morgan fingerprint density at radius 2 is 1.94 bits per heavy atom. The van der Waals surface area contributed by atoms with E-state index in [0.717, 1.165) is 5.56 Å². The molecule has 1 heterocycles. The maximum atomic E-state index is 14.0. The van der Waals surface area contributed by atoms with Crippen LogP contribution in [-0.2, 0) is 10.5 Å². The number of carbonyl (C=O) groups is 1. The van der Waals surface area contributed by atoms with Crippen LogP contribution in [0.3, 0.4) is 0 Å². The first kappa shape index (κ1) is 25.0. The Bertz CT molecular complexity index is 1490. The molecular weight excluding hydrogens is 487 g/mol. The van der Waals surface area contributed by atoms with Gasteiger partial charge in [-0.15, -0.1) is 0 Å². The maximum absolute atomic E-state index is 14.0. The van der Waals surface area contributed by atoms with Crippen LogP contribution in [0.4, 0.5) is 10.1 Å². The average Bonchev–Trinajstić information content (AvgIpc) is 2.87. The van der Waals surface area contributed by atoms with Crippen LogP contribution in [0, 0.1) is 15.9 Å². The number of carbonyl (C=O) groups excluding carboxylic acids is 1. The summed E-state index contributed by atoms with van der Waals surface area (Å²) in [5, 5.41) is 14.2. The molecule has 0 atom stereocenters. The van der Waals surface area contributed by atoms with Crippen molar-refractivity contribution >= 4 is 34.3 Å². The molecular formula is C25H21FN4O5S. The number of nitro benzene ring substituents is 1. The van der Waals surface area contributed by atoms with E-state index < -0.39 is 16.3 Å². The van der Waals surface area contributed by atoms with E-state index in [-0.39, 0.29) is 22.1 Å². The smallest absolute Gasteiger partial charge is 0.269 e. The highest BCUT2D eigenvalue weighted by atomic mass is 32.2. The number of nitrogens with one attached hydrogen (secondary N) is 1. The molecule has 0 spiro atoms. The van der Waals surface area contributed by atoms with E-state index in [0.29, 0.717) is 35.7 Å². The summed E-state index contributed by atoms with van der Waals surface area (Å²) in [5.41, 5.74) is 1.29. The molecule has 0 unspecified atom stereocenters. The Kier molecular flexibility index (Phi) is 7.71. The quantitative estimate of drug-likeness (QED) is 0.119. The first-order valence-corrected chi connectivity index (χ1v) is 11.8.